The van der Waals surface area contributed by atoms with Gasteiger partial charge in [-0.15, -0.1) is 0 Å². The van der Waals surface area contributed by atoms with Gasteiger partial charge in [0, 0.05) is 24.1 Å². The van der Waals surface area contributed by atoms with Crippen LogP contribution in [0.4, 0.5) is 0 Å². The van der Waals surface area contributed by atoms with Gasteiger partial charge in [-0.3, -0.25) is 4.84 Å². The summed E-state index contributed by atoms with van der Waals surface area (Å²) in [6.07, 6.45) is 2.12. The highest BCUT2D eigenvalue weighted by Crippen LogP contribution is 2.24. The Balaban J connectivity index is 2.72. The first kappa shape index (κ1) is 9.24. The molecule has 3 heteroatoms. The zero-order valence-corrected chi connectivity index (χ0v) is 8.45. The van der Waals surface area contributed by atoms with Crippen molar-refractivity contribution in [2.45, 2.75) is 13.5 Å². The lowest BCUT2D eigenvalue weighted by atomic mass is 10.1. The number of fused-ring (bicyclic) bond motifs is 1. The van der Waals surface area contributed by atoms with Gasteiger partial charge in [0.15, 0.2) is 0 Å². The van der Waals surface area contributed by atoms with Crippen LogP contribution in [0.25, 0.3) is 10.9 Å². The molecule has 0 aliphatic heterocycles. The molecule has 1 aromatic heterocycles. The first-order valence-corrected chi connectivity index (χ1v) is 4.59. The summed E-state index contributed by atoms with van der Waals surface area (Å²) in [5, 5.41) is 1.25. The van der Waals surface area contributed by atoms with Crippen LogP contribution in [-0.2, 0) is 18.5 Å². The molecule has 3 nitrogen and oxygen atoms in total. The first-order chi connectivity index (χ1) is 6.74. The van der Waals surface area contributed by atoms with Gasteiger partial charge in [-0.1, -0.05) is 12.1 Å². The Bertz CT molecular complexity index is 460. The smallest absolute Gasteiger partial charge is 0.0936 e. The number of aryl methyl sites for hydroxylation is 2. The number of hydrogen-bond donors (Lipinski definition) is 1. The highest BCUT2D eigenvalue weighted by atomic mass is 16.6. The maximum absolute atomic E-state index is 5.10. The van der Waals surface area contributed by atoms with E-state index in [9.17, 15) is 0 Å². The maximum Gasteiger partial charge on any atom is 0.0936 e. The Hall–Kier alpha value is -1.32. The average Bonchev–Trinajstić information content (AvgIpc) is 2.44. The highest BCUT2D eigenvalue weighted by Gasteiger charge is 2.06. The van der Waals surface area contributed by atoms with E-state index in [1.165, 1.54) is 16.5 Å². The molecule has 0 spiro atoms. The predicted molar refractivity (Wildman–Crippen MR) is 56.6 cm³/mol. The number of nitrogens with zero attached hydrogens (tertiary/aromatic N) is 1. The molecule has 2 aromatic rings. The molecule has 0 atom stereocenters. The number of rotatable bonds is 2. The Morgan fingerprint density at radius 2 is 2.21 bits per heavy atom. The topological polar surface area (TPSA) is 40.2 Å². The van der Waals surface area contributed by atoms with Gasteiger partial charge in [0.1, 0.15) is 0 Å². The van der Waals surface area contributed by atoms with E-state index in [1.807, 2.05) is 19.2 Å². The van der Waals surface area contributed by atoms with Crippen LogP contribution in [0.2, 0.25) is 0 Å². The Labute approximate surface area is 83.0 Å². The third kappa shape index (κ3) is 1.31. The molecule has 74 valence electrons. The summed E-state index contributed by atoms with van der Waals surface area (Å²) < 4.78 is 2.12. The molecular formula is C11H14N2O. The number of nitrogens with two attached hydrogens (primary N) is 1. The lowest BCUT2D eigenvalue weighted by Crippen LogP contribution is -1.99. The van der Waals surface area contributed by atoms with E-state index >= 15 is 0 Å². The minimum Gasteiger partial charge on any atom is -0.350 e. The average molecular weight is 190 g/mol. The third-order valence-electron chi connectivity index (χ3n) is 2.53. The molecule has 0 radical (unpaired) electrons. The van der Waals surface area contributed by atoms with E-state index in [0.717, 1.165) is 5.56 Å². The highest BCUT2D eigenvalue weighted by molar-refractivity contribution is 5.87. The maximum atomic E-state index is 5.10. The molecular weight excluding hydrogens is 176 g/mol. The SMILES string of the molecule is Cc1cn(C)c2cccc(CON)c12. The minimum atomic E-state index is 0.461. The zero-order valence-electron chi connectivity index (χ0n) is 8.45. The standard InChI is InChI=1S/C11H14N2O/c1-8-6-13(2)10-5-3-4-9(7-14-12)11(8)10/h3-6H,7,12H2,1-2H3. The van der Waals surface area contributed by atoms with Gasteiger partial charge in [-0.05, 0) is 24.1 Å². The molecule has 2 N–H and O–H groups in total. The lowest BCUT2D eigenvalue weighted by molar-refractivity contribution is 0.125. The zero-order chi connectivity index (χ0) is 10.1. The summed E-state index contributed by atoms with van der Waals surface area (Å²) in [6, 6.07) is 6.17. The van der Waals surface area contributed by atoms with Crippen LogP contribution in [0.5, 0.6) is 0 Å². The van der Waals surface area contributed by atoms with Crippen molar-refractivity contribution in [3.63, 3.8) is 0 Å². The molecule has 0 bridgehead atoms. The van der Waals surface area contributed by atoms with Crippen molar-refractivity contribution in [1.82, 2.24) is 4.57 Å². The van der Waals surface area contributed by atoms with Crippen LogP contribution in [-0.4, -0.2) is 4.57 Å². The molecule has 0 unspecified atom stereocenters. The van der Waals surface area contributed by atoms with E-state index in [4.69, 9.17) is 10.7 Å². The summed E-state index contributed by atoms with van der Waals surface area (Å²) in [4.78, 5) is 4.69. The Morgan fingerprint density at radius 3 is 2.93 bits per heavy atom. The number of hydrogen-bond acceptors (Lipinski definition) is 2. The van der Waals surface area contributed by atoms with Crippen molar-refractivity contribution in [1.29, 1.82) is 0 Å². The summed E-state index contributed by atoms with van der Waals surface area (Å²) in [7, 11) is 2.04. The van der Waals surface area contributed by atoms with Gasteiger partial charge < -0.3 is 4.57 Å². The van der Waals surface area contributed by atoms with Crippen LogP contribution in [0.15, 0.2) is 24.4 Å². The van der Waals surface area contributed by atoms with Crippen molar-refractivity contribution >= 4 is 10.9 Å². The first-order valence-electron chi connectivity index (χ1n) is 4.59. The van der Waals surface area contributed by atoms with Gasteiger partial charge in [0.25, 0.3) is 0 Å². The van der Waals surface area contributed by atoms with Crippen LogP contribution in [0, 0.1) is 6.92 Å². The second-order valence-corrected chi connectivity index (χ2v) is 3.55. The van der Waals surface area contributed by atoms with Gasteiger partial charge in [-0.2, -0.15) is 0 Å². The minimum absolute atomic E-state index is 0.461. The fraction of sp³-hybridized carbons (Fsp3) is 0.273. The van der Waals surface area contributed by atoms with Crippen LogP contribution in [0.1, 0.15) is 11.1 Å². The quantitative estimate of drug-likeness (QED) is 0.734. The molecule has 1 heterocycles. The summed E-state index contributed by atoms with van der Waals surface area (Å²) >= 11 is 0. The lowest BCUT2D eigenvalue weighted by Gasteiger charge is -2.03. The van der Waals surface area contributed by atoms with Gasteiger partial charge >= 0.3 is 0 Å². The third-order valence-corrected chi connectivity index (χ3v) is 2.53. The molecule has 0 saturated carbocycles. The Kier molecular flexibility index (Phi) is 2.27. The molecule has 0 fully saturated rings. The Morgan fingerprint density at radius 1 is 1.43 bits per heavy atom. The van der Waals surface area contributed by atoms with Crippen molar-refractivity contribution in [2.24, 2.45) is 12.9 Å². The van der Waals surface area contributed by atoms with Crippen LogP contribution >= 0.6 is 0 Å². The van der Waals surface area contributed by atoms with Crippen molar-refractivity contribution in [3.8, 4) is 0 Å². The molecule has 0 saturated heterocycles. The summed E-state index contributed by atoms with van der Waals surface area (Å²) in [5.41, 5.74) is 3.62. The van der Waals surface area contributed by atoms with Gasteiger partial charge in [-0.25, -0.2) is 5.90 Å². The predicted octanol–water partition coefficient (Wildman–Crippen LogP) is 1.88. The molecule has 0 aliphatic carbocycles. The molecule has 14 heavy (non-hydrogen) atoms. The van der Waals surface area contributed by atoms with E-state index in [2.05, 4.69) is 23.8 Å². The largest absolute Gasteiger partial charge is 0.350 e. The molecule has 0 aliphatic rings. The van der Waals surface area contributed by atoms with Crippen LogP contribution in [0.3, 0.4) is 0 Å². The van der Waals surface area contributed by atoms with Crippen molar-refractivity contribution in [3.05, 3.63) is 35.5 Å². The molecule has 1 aromatic carbocycles. The van der Waals surface area contributed by atoms with Crippen LogP contribution < -0.4 is 5.90 Å². The molecule has 2 rings (SSSR count). The van der Waals surface area contributed by atoms with Crippen molar-refractivity contribution < 1.29 is 4.84 Å². The fourth-order valence-electron chi connectivity index (χ4n) is 1.97. The van der Waals surface area contributed by atoms with E-state index in [0.29, 0.717) is 6.61 Å². The monoisotopic (exact) mass is 190 g/mol. The van der Waals surface area contributed by atoms with Gasteiger partial charge in [0.2, 0.25) is 0 Å². The van der Waals surface area contributed by atoms with E-state index < -0.39 is 0 Å². The summed E-state index contributed by atoms with van der Waals surface area (Å²) in [5.74, 6) is 5.10. The second kappa shape index (κ2) is 3.44. The molecule has 0 amide bonds. The fourth-order valence-corrected chi connectivity index (χ4v) is 1.97. The number of aromatic nitrogens is 1. The van der Waals surface area contributed by atoms with Crippen molar-refractivity contribution in [2.75, 3.05) is 0 Å². The second-order valence-electron chi connectivity index (χ2n) is 3.55. The normalized spacial score (nSPS) is 11.1. The van der Waals surface area contributed by atoms with Gasteiger partial charge in [0.05, 0.1) is 6.61 Å². The summed E-state index contributed by atoms with van der Waals surface area (Å²) in [6.45, 7) is 2.56. The van der Waals surface area contributed by atoms with E-state index in [1.54, 1.807) is 0 Å². The number of benzene rings is 1. The van der Waals surface area contributed by atoms with E-state index in [-0.39, 0.29) is 0 Å².